The summed E-state index contributed by atoms with van der Waals surface area (Å²) in [6.45, 7) is 4.79. The summed E-state index contributed by atoms with van der Waals surface area (Å²) in [5.41, 5.74) is 0. The Kier molecular flexibility index (Phi) is 9.73. The fraction of sp³-hybridized carbons (Fsp3) is 0.941. The van der Waals surface area contributed by atoms with Crippen molar-refractivity contribution in [2.45, 2.75) is 96.7 Å². The van der Waals surface area contributed by atoms with Crippen LogP contribution >= 0.6 is 0 Å². The molecule has 1 heterocycles. The number of epoxide rings is 1. The Morgan fingerprint density at radius 2 is 1.60 bits per heavy atom. The third-order valence-electron chi connectivity index (χ3n) is 3.93. The third-order valence-corrected chi connectivity index (χ3v) is 3.93. The smallest absolute Gasteiger partial charge is 0.305 e. The van der Waals surface area contributed by atoms with Crippen molar-refractivity contribution < 1.29 is 14.3 Å². The second-order valence-corrected chi connectivity index (χ2v) is 5.86. The molecule has 1 saturated heterocycles. The van der Waals surface area contributed by atoms with E-state index in [-0.39, 0.29) is 5.97 Å². The van der Waals surface area contributed by atoms with Crippen LogP contribution in [0, 0.1) is 0 Å². The van der Waals surface area contributed by atoms with E-state index in [4.69, 9.17) is 9.47 Å². The molecule has 20 heavy (non-hydrogen) atoms. The lowest BCUT2D eigenvalue weighted by molar-refractivity contribution is -0.143. The molecular weight excluding hydrogens is 252 g/mol. The summed E-state index contributed by atoms with van der Waals surface area (Å²) in [6, 6.07) is 0. The molecule has 0 radical (unpaired) electrons. The molecule has 0 aromatic heterocycles. The van der Waals surface area contributed by atoms with E-state index >= 15 is 0 Å². The summed E-state index contributed by atoms with van der Waals surface area (Å²) in [5.74, 6) is -0.0261. The Bertz CT molecular complexity index is 253. The minimum atomic E-state index is -0.0261. The highest BCUT2D eigenvalue weighted by molar-refractivity contribution is 5.69. The summed E-state index contributed by atoms with van der Waals surface area (Å²) in [4.78, 5) is 11.3. The van der Waals surface area contributed by atoms with Gasteiger partial charge in [-0.15, -0.1) is 0 Å². The van der Waals surface area contributed by atoms with E-state index in [0.29, 0.717) is 25.2 Å². The monoisotopic (exact) mass is 284 g/mol. The van der Waals surface area contributed by atoms with Gasteiger partial charge in [-0.1, -0.05) is 52.4 Å². The van der Waals surface area contributed by atoms with Gasteiger partial charge in [0.15, 0.2) is 0 Å². The predicted molar refractivity (Wildman–Crippen MR) is 81.8 cm³/mol. The summed E-state index contributed by atoms with van der Waals surface area (Å²) in [6.07, 6.45) is 13.7. The molecule has 0 saturated carbocycles. The van der Waals surface area contributed by atoms with Crippen LogP contribution in [0.15, 0.2) is 0 Å². The van der Waals surface area contributed by atoms with E-state index in [0.717, 1.165) is 19.3 Å². The van der Waals surface area contributed by atoms with E-state index < -0.39 is 0 Å². The van der Waals surface area contributed by atoms with Gasteiger partial charge in [-0.25, -0.2) is 0 Å². The highest BCUT2D eigenvalue weighted by atomic mass is 16.6. The number of carbonyl (C=O) groups is 1. The lowest BCUT2D eigenvalue weighted by Gasteiger charge is -2.03. The van der Waals surface area contributed by atoms with E-state index in [1.54, 1.807) is 0 Å². The molecule has 2 unspecified atom stereocenters. The molecule has 0 amide bonds. The van der Waals surface area contributed by atoms with Gasteiger partial charge in [-0.3, -0.25) is 4.79 Å². The lowest BCUT2D eigenvalue weighted by atomic mass is 10.1. The van der Waals surface area contributed by atoms with Gasteiger partial charge in [-0.2, -0.15) is 0 Å². The van der Waals surface area contributed by atoms with Gasteiger partial charge >= 0.3 is 5.97 Å². The molecule has 0 spiro atoms. The van der Waals surface area contributed by atoms with Crippen molar-refractivity contribution in [1.29, 1.82) is 0 Å². The van der Waals surface area contributed by atoms with Crippen molar-refractivity contribution in [3.8, 4) is 0 Å². The number of hydrogen-bond acceptors (Lipinski definition) is 3. The van der Waals surface area contributed by atoms with Gasteiger partial charge in [0.25, 0.3) is 0 Å². The van der Waals surface area contributed by atoms with Gasteiger partial charge in [-0.05, 0) is 25.7 Å². The Hall–Kier alpha value is -0.570. The summed E-state index contributed by atoms with van der Waals surface area (Å²) < 4.78 is 10.6. The van der Waals surface area contributed by atoms with Crippen LogP contribution in [0.5, 0.6) is 0 Å². The SMILES string of the molecule is CCCOC(=O)CCCCCCCCCC1OC1CC. The fourth-order valence-corrected chi connectivity index (χ4v) is 2.58. The van der Waals surface area contributed by atoms with E-state index in [2.05, 4.69) is 6.92 Å². The van der Waals surface area contributed by atoms with Crippen LogP contribution in [-0.2, 0) is 14.3 Å². The van der Waals surface area contributed by atoms with Crippen LogP contribution in [-0.4, -0.2) is 24.8 Å². The number of hydrogen-bond donors (Lipinski definition) is 0. The van der Waals surface area contributed by atoms with Gasteiger partial charge < -0.3 is 9.47 Å². The highest BCUT2D eigenvalue weighted by Crippen LogP contribution is 2.29. The molecule has 1 aliphatic rings. The Labute approximate surface area is 124 Å². The third kappa shape index (κ3) is 8.57. The molecule has 0 aromatic rings. The van der Waals surface area contributed by atoms with E-state index in [9.17, 15) is 4.79 Å². The van der Waals surface area contributed by atoms with Crippen LogP contribution in [0.1, 0.15) is 84.5 Å². The molecule has 0 bridgehead atoms. The van der Waals surface area contributed by atoms with Gasteiger partial charge in [0, 0.05) is 6.42 Å². The molecule has 0 N–H and O–H groups in total. The van der Waals surface area contributed by atoms with Crippen LogP contribution in [0.3, 0.4) is 0 Å². The average Bonchev–Trinajstić information content (AvgIpc) is 3.22. The summed E-state index contributed by atoms with van der Waals surface area (Å²) >= 11 is 0. The topological polar surface area (TPSA) is 38.8 Å². The minimum Gasteiger partial charge on any atom is -0.466 e. The first-order valence-electron chi connectivity index (χ1n) is 8.59. The molecule has 3 heteroatoms. The van der Waals surface area contributed by atoms with Crippen LogP contribution in [0.4, 0.5) is 0 Å². The predicted octanol–water partition coefficient (Wildman–Crippen LogP) is 4.63. The molecule has 0 aliphatic carbocycles. The average molecular weight is 284 g/mol. The van der Waals surface area contributed by atoms with Crippen molar-refractivity contribution in [2.75, 3.05) is 6.61 Å². The second-order valence-electron chi connectivity index (χ2n) is 5.86. The summed E-state index contributed by atoms with van der Waals surface area (Å²) in [7, 11) is 0. The quantitative estimate of drug-likeness (QED) is 0.281. The second kappa shape index (κ2) is 11.1. The Morgan fingerprint density at radius 3 is 2.20 bits per heavy atom. The van der Waals surface area contributed by atoms with E-state index in [1.807, 2.05) is 6.92 Å². The largest absolute Gasteiger partial charge is 0.466 e. The molecule has 1 rings (SSSR count). The van der Waals surface area contributed by atoms with Crippen LogP contribution in [0.25, 0.3) is 0 Å². The maximum atomic E-state index is 11.3. The Morgan fingerprint density at radius 1 is 0.950 bits per heavy atom. The standard InChI is InChI=1S/C17H32O3/c1-3-14-19-17(18)13-11-9-7-5-6-8-10-12-16-15(4-2)20-16/h15-16H,3-14H2,1-2H3. The number of rotatable bonds is 13. The molecular formula is C17H32O3. The lowest BCUT2D eigenvalue weighted by Crippen LogP contribution is -2.04. The number of esters is 1. The molecule has 118 valence electrons. The van der Waals surface area contributed by atoms with Crippen LogP contribution in [0.2, 0.25) is 0 Å². The maximum absolute atomic E-state index is 11.3. The Balaban J connectivity index is 1.73. The number of ether oxygens (including phenoxy) is 2. The first-order valence-corrected chi connectivity index (χ1v) is 8.59. The van der Waals surface area contributed by atoms with Crippen molar-refractivity contribution in [3.63, 3.8) is 0 Å². The molecule has 2 atom stereocenters. The van der Waals surface area contributed by atoms with Gasteiger partial charge in [0.1, 0.15) is 0 Å². The molecule has 1 aliphatic heterocycles. The van der Waals surface area contributed by atoms with Gasteiger partial charge in [0.2, 0.25) is 0 Å². The molecule has 3 nitrogen and oxygen atoms in total. The molecule has 0 aromatic carbocycles. The molecule has 1 fully saturated rings. The van der Waals surface area contributed by atoms with Crippen molar-refractivity contribution in [2.24, 2.45) is 0 Å². The van der Waals surface area contributed by atoms with Crippen molar-refractivity contribution >= 4 is 5.97 Å². The van der Waals surface area contributed by atoms with Crippen molar-refractivity contribution in [1.82, 2.24) is 0 Å². The zero-order valence-corrected chi connectivity index (χ0v) is 13.4. The highest BCUT2D eigenvalue weighted by Gasteiger charge is 2.35. The van der Waals surface area contributed by atoms with Gasteiger partial charge in [0.05, 0.1) is 18.8 Å². The zero-order valence-electron chi connectivity index (χ0n) is 13.4. The minimum absolute atomic E-state index is 0.0261. The fourth-order valence-electron chi connectivity index (χ4n) is 2.58. The number of unbranched alkanes of at least 4 members (excludes halogenated alkanes) is 6. The first kappa shape index (κ1) is 17.5. The summed E-state index contributed by atoms with van der Waals surface area (Å²) in [5, 5.41) is 0. The van der Waals surface area contributed by atoms with E-state index in [1.165, 1.54) is 44.9 Å². The number of carbonyl (C=O) groups excluding carboxylic acids is 1. The zero-order chi connectivity index (χ0) is 14.6. The normalized spacial score (nSPS) is 20.9. The maximum Gasteiger partial charge on any atom is 0.305 e. The first-order chi connectivity index (χ1) is 9.77. The van der Waals surface area contributed by atoms with Crippen LogP contribution < -0.4 is 0 Å². The van der Waals surface area contributed by atoms with Crippen molar-refractivity contribution in [3.05, 3.63) is 0 Å².